The minimum absolute atomic E-state index is 0.116. The van der Waals surface area contributed by atoms with E-state index in [9.17, 15) is 14.4 Å². The molecule has 0 unspecified atom stereocenters. The highest BCUT2D eigenvalue weighted by atomic mass is 32.1. The van der Waals surface area contributed by atoms with Gasteiger partial charge in [-0.3, -0.25) is 24.9 Å². The lowest BCUT2D eigenvalue weighted by molar-refractivity contribution is -0.125. The summed E-state index contributed by atoms with van der Waals surface area (Å²) >= 11 is 1.38. The molecule has 9 nitrogen and oxygen atoms in total. The number of aliphatic imine (C=N–C) groups is 1. The third kappa shape index (κ3) is 4.49. The molecule has 180 valence electrons. The van der Waals surface area contributed by atoms with Crippen molar-refractivity contribution in [1.29, 1.82) is 0 Å². The van der Waals surface area contributed by atoms with Gasteiger partial charge in [0.05, 0.1) is 5.56 Å². The van der Waals surface area contributed by atoms with E-state index in [0.717, 1.165) is 15.8 Å². The fraction of sp³-hybridized carbons (Fsp3) is 0.320. The fourth-order valence-corrected chi connectivity index (χ4v) is 5.66. The number of fused-ring (bicyclic) bond motifs is 1. The summed E-state index contributed by atoms with van der Waals surface area (Å²) in [4.78, 5) is 49.5. The molecule has 3 N–H and O–H groups in total. The summed E-state index contributed by atoms with van der Waals surface area (Å²) in [6.07, 6.45) is 3.07. The third-order valence-electron chi connectivity index (χ3n) is 6.36. The van der Waals surface area contributed by atoms with E-state index < -0.39 is 5.54 Å². The van der Waals surface area contributed by atoms with Crippen LogP contribution < -0.4 is 16.0 Å². The van der Waals surface area contributed by atoms with E-state index >= 15 is 0 Å². The second kappa shape index (κ2) is 9.46. The summed E-state index contributed by atoms with van der Waals surface area (Å²) in [5.74, 6) is 0.348. The predicted octanol–water partition coefficient (Wildman–Crippen LogP) is 3.18. The van der Waals surface area contributed by atoms with Gasteiger partial charge in [-0.15, -0.1) is 11.3 Å². The first-order valence-corrected chi connectivity index (χ1v) is 12.5. The number of amides is 4. The molecular weight excluding hydrogens is 464 g/mol. The van der Waals surface area contributed by atoms with Crippen molar-refractivity contribution in [3.05, 3.63) is 59.9 Å². The Hall–Kier alpha value is -3.79. The molecule has 2 aliphatic rings. The number of amidine groups is 1. The quantitative estimate of drug-likeness (QED) is 0.509. The Morgan fingerprint density at radius 2 is 1.91 bits per heavy atom. The largest absolute Gasteiger partial charge is 0.338 e. The van der Waals surface area contributed by atoms with Crippen molar-refractivity contribution in [3.8, 4) is 0 Å². The predicted molar refractivity (Wildman–Crippen MR) is 136 cm³/mol. The molecule has 1 spiro atoms. The van der Waals surface area contributed by atoms with Gasteiger partial charge in [0, 0.05) is 48.0 Å². The first-order chi connectivity index (χ1) is 17.0. The van der Waals surface area contributed by atoms with Gasteiger partial charge < -0.3 is 15.5 Å². The summed E-state index contributed by atoms with van der Waals surface area (Å²) in [7, 11) is 0. The Morgan fingerprint density at radius 1 is 1.14 bits per heavy atom. The zero-order chi connectivity index (χ0) is 24.4. The van der Waals surface area contributed by atoms with Crippen LogP contribution in [0.4, 0.5) is 9.80 Å². The molecule has 10 heteroatoms. The van der Waals surface area contributed by atoms with Crippen LogP contribution in [0.15, 0.2) is 53.7 Å². The normalized spacial score (nSPS) is 16.8. The molecule has 0 bridgehead atoms. The molecule has 0 atom stereocenters. The van der Waals surface area contributed by atoms with Crippen molar-refractivity contribution in [2.45, 2.75) is 31.7 Å². The molecule has 0 saturated carbocycles. The number of hydrogen-bond donors (Lipinski definition) is 3. The minimum atomic E-state index is -0.848. The number of nitrogens with one attached hydrogen (secondary N) is 3. The molecule has 3 aromatic rings. The lowest BCUT2D eigenvalue weighted by atomic mass is 9.87. The number of rotatable bonds is 5. The van der Waals surface area contributed by atoms with Crippen LogP contribution in [0.25, 0.3) is 10.1 Å². The van der Waals surface area contributed by atoms with Gasteiger partial charge in [0.2, 0.25) is 0 Å². The van der Waals surface area contributed by atoms with E-state index in [1.165, 1.54) is 11.3 Å². The highest BCUT2D eigenvalue weighted by molar-refractivity contribution is 7.23. The molecule has 35 heavy (non-hydrogen) atoms. The summed E-state index contributed by atoms with van der Waals surface area (Å²) in [5.41, 5.74) is 0.482. The van der Waals surface area contributed by atoms with Gasteiger partial charge in [-0.1, -0.05) is 24.3 Å². The number of hydrogen-bond acceptors (Lipinski definition) is 6. The van der Waals surface area contributed by atoms with Gasteiger partial charge in [-0.25, -0.2) is 4.79 Å². The number of likely N-dealkylation sites (tertiary alicyclic amines) is 1. The zero-order valence-corrected chi connectivity index (χ0v) is 20.2. The fourth-order valence-electron chi connectivity index (χ4n) is 4.57. The van der Waals surface area contributed by atoms with Crippen LogP contribution in [0.1, 0.15) is 35.8 Å². The molecule has 5 rings (SSSR count). The van der Waals surface area contributed by atoms with Crippen molar-refractivity contribution in [2.75, 3.05) is 25.0 Å². The van der Waals surface area contributed by atoms with Crippen LogP contribution in [0.3, 0.4) is 0 Å². The van der Waals surface area contributed by atoms with E-state index in [1.807, 2.05) is 49.4 Å². The zero-order valence-electron chi connectivity index (χ0n) is 19.3. The van der Waals surface area contributed by atoms with E-state index in [1.54, 1.807) is 11.1 Å². The maximum absolute atomic E-state index is 13.6. The van der Waals surface area contributed by atoms with Gasteiger partial charge in [0.15, 0.2) is 0 Å². The molecule has 4 amide bonds. The number of carbonyl (C=O) groups is 3. The first kappa shape index (κ1) is 23.0. The van der Waals surface area contributed by atoms with Crippen molar-refractivity contribution >= 4 is 50.1 Å². The second-order valence-corrected chi connectivity index (χ2v) is 9.67. The average molecular weight is 491 g/mol. The van der Waals surface area contributed by atoms with Crippen LogP contribution in [0.2, 0.25) is 0 Å². The third-order valence-corrected chi connectivity index (χ3v) is 7.44. The number of urea groups is 1. The van der Waals surface area contributed by atoms with Crippen LogP contribution in [-0.2, 0) is 11.2 Å². The van der Waals surface area contributed by atoms with Crippen LogP contribution in [0.5, 0.6) is 0 Å². The van der Waals surface area contributed by atoms with Crippen LogP contribution in [0, 0.1) is 0 Å². The Balaban J connectivity index is 1.34. The summed E-state index contributed by atoms with van der Waals surface area (Å²) < 4.78 is 0.926. The number of carbonyl (C=O) groups excluding carboxylic acids is 3. The molecular formula is C25H26N6O3S. The number of thiophene rings is 1. The number of piperidine rings is 1. The van der Waals surface area contributed by atoms with E-state index in [2.05, 4.69) is 20.9 Å². The monoisotopic (exact) mass is 490 g/mol. The second-order valence-electron chi connectivity index (χ2n) is 8.62. The SMILES string of the molecule is CCNC(=O)Nc1sc2ccccc2c1C(=O)N1CCC2(CC1)N=C(Cc1ccccn1)NC2=O. The standard InChI is InChI=1S/C25H26N6O3S/c1-2-26-24(34)29-21-20(17-8-3-4-9-18(17)35-21)22(32)31-13-10-25(11-14-31)23(33)28-19(30-25)15-16-7-5-6-12-27-16/h3-9,12H,2,10-11,13-15H2,1H3,(H2,26,29,34)(H,28,30,33). The number of aromatic nitrogens is 1. The van der Waals surface area contributed by atoms with Crippen molar-refractivity contribution < 1.29 is 14.4 Å². The van der Waals surface area contributed by atoms with Crippen LogP contribution in [-0.4, -0.2) is 58.7 Å². The number of nitrogens with zero attached hydrogens (tertiary/aromatic N) is 3. The average Bonchev–Trinajstić information content (AvgIpc) is 3.36. The van der Waals surface area contributed by atoms with Crippen molar-refractivity contribution in [1.82, 2.24) is 20.5 Å². The molecule has 1 aromatic carbocycles. The molecule has 0 aliphatic carbocycles. The van der Waals surface area contributed by atoms with E-state index in [-0.39, 0.29) is 17.8 Å². The summed E-state index contributed by atoms with van der Waals surface area (Å²) in [5, 5.41) is 9.80. The van der Waals surface area contributed by atoms with E-state index in [4.69, 9.17) is 4.99 Å². The Kier molecular flexibility index (Phi) is 6.21. The molecule has 2 aliphatic heterocycles. The molecule has 1 saturated heterocycles. The highest BCUT2D eigenvalue weighted by Crippen LogP contribution is 2.38. The van der Waals surface area contributed by atoms with E-state index in [0.29, 0.717) is 55.3 Å². The van der Waals surface area contributed by atoms with Crippen molar-refractivity contribution in [2.24, 2.45) is 4.99 Å². The number of benzene rings is 1. The summed E-state index contributed by atoms with van der Waals surface area (Å²) in [6.45, 7) is 3.12. The number of anilines is 1. The Labute approximate surface area is 206 Å². The van der Waals surface area contributed by atoms with Crippen molar-refractivity contribution in [3.63, 3.8) is 0 Å². The Morgan fingerprint density at radius 3 is 2.66 bits per heavy atom. The topological polar surface area (TPSA) is 116 Å². The molecule has 2 aromatic heterocycles. The molecule has 0 radical (unpaired) electrons. The number of pyridine rings is 1. The Bertz CT molecular complexity index is 1310. The maximum atomic E-state index is 13.6. The van der Waals surface area contributed by atoms with Gasteiger partial charge in [-0.05, 0) is 38.0 Å². The maximum Gasteiger partial charge on any atom is 0.319 e. The van der Waals surface area contributed by atoms with Gasteiger partial charge >= 0.3 is 6.03 Å². The van der Waals surface area contributed by atoms with Gasteiger partial charge in [0.25, 0.3) is 11.8 Å². The molecule has 1 fully saturated rings. The van der Waals surface area contributed by atoms with Gasteiger partial charge in [0.1, 0.15) is 16.4 Å². The van der Waals surface area contributed by atoms with Gasteiger partial charge in [-0.2, -0.15) is 0 Å². The lowest BCUT2D eigenvalue weighted by Crippen LogP contribution is -2.50. The minimum Gasteiger partial charge on any atom is -0.338 e. The smallest absolute Gasteiger partial charge is 0.319 e. The van der Waals surface area contributed by atoms with Crippen LogP contribution >= 0.6 is 11.3 Å². The first-order valence-electron chi connectivity index (χ1n) is 11.6. The molecule has 4 heterocycles. The highest BCUT2D eigenvalue weighted by Gasteiger charge is 2.46. The summed E-state index contributed by atoms with van der Waals surface area (Å²) in [6, 6.07) is 12.9. The lowest BCUT2D eigenvalue weighted by Gasteiger charge is -2.35.